The maximum Gasteiger partial charge on any atom is 0.276 e. The van der Waals surface area contributed by atoms with E-state index in [0.29, 0.717) is 28.1 Å². The summed E-state index contributed by atoms with van der Waals surface area (Å²) in [5, 5.41) is 7.01. The van der Waals surface area contributed by atoms with Gasteiger partial charge >= 0.3 is 0 Å². The van der Waals surface area contributed by atoms with Gasteiger partial charge in [0.15, 0.2) is 10.9 Å². The van der Waals surface area contributed by atoms with E-state index >= 15 is 0 Å². The zero-order valence-corrected chi connectivity index (χ0v) is 15.2. The van der Waals surface area contributed by atoms with Crippen LogP contribution in [0.4, 0.5) is 5.13 Å². The van der Waals surface area contributed by atoms with Gasteiger partial charge in [0.2, 0.25) is 0 Å². The first kappa shape index (κ1) is 17.2. The molecule has 1 aromatic carbocycles. The number of amides is 1. The third-order valence-corrected chi connectivity index (χ3v) is 4.83. The van der Waals surface area contributed by atoms with Crippen LogP contribution in [-0.4, -0.2) is 21.7 Å². The van der Waals surface area contributed by atoms with Gasteiger partial charge in [-0.1, -0.05) is 17.7 Å². The molecule has 8 heteroatoms. The maximum absolute atomic E-state index is 12.2. The highest BCUT2D eigenvalue weighted by Gasteiger charge is 2.14. The maximum atomic E-state index is 12.2. The summed E-state index contributed by atoms with van der Waals surface area (Å²) in [6.45, 7) is 3.74. The van der Waals surface area contributed by atoms with E-state index in [2.05, 4.69) is 15.3 Å². The number of nitrogens with zero attached hydrogens (tertiary/aromatic N) is 2. The number of anilines is 1. The molecular weight excluding hydrogens is 358 g/mol. The van der Waals surface area contributed by atoms with Crippen LogP contribution in [0, 0.1) is 6.92 Å². The summed E-state index contributed by atoms with van der Waals surface area (Å²) in [6.07, 6.45) is 0. The van der Waals surface area contributed by atoms with Gasteiger partial charge in [-0.3, -0.25) is 14.9 Å². The lowest BCUT2D eigenvalue weighted by Gasteiger charge is -2.03. The summed E-state index contributed by atoms with van der Waals surface area (Å²) in [5.41, 5.74) is 1.80. The predicted molar refractivity (Wildman–Crippen MR) is 97.7 cm³/mol. The SMILES string of the molecule is CC(=O)c1csc(NC(=O)c2csc(COc3ccc(C)cc3)n2)n1. The second-order valence-electron chi connectivity index (χ2n) is 5.28. The van der Waals surface area contributed by atoms with Gasteiger partial charge in [-0.05, 0) is 19.1 Å². The fraction of sp³-hybridized carbons (Fsp3) is 0.176. The number of hydrogen-bond acceptors (Lipinski definition) is 7. The van der Waals surface area contributed by atoms with Crippen molar-refractivity contribution in [1.29, 1.82) is 0 Å². The predicted octanol–water partition coefficient (Wildman–Crippen LogP) is 3.94. The first-order valence-corrected chi connectivity index (χ1v) is 9.19. The van der Waals surface area contributed by atoms with Crippen LogP contribution in [0.5, 0.6) is 5.75 Å². The number of aryl methyl sites for hydroxylation is 1. The van der Waals surface area contributed by atoms with E-state index in [9.17, 15) is 9.59 Å². The molecule has 2 aromatic heterocycles. The van der Waals surface area contributed by atoms with Crippen molar-refractivity contribution in [3.8, 4) is 5.75 Å². The largest absolute Gasteiger partial charge is 0.486 e. The third-order valence-electron chi connectivity index (χ3n) is 3.25. The molecule has 0 aliphatic rings. The van der Waals surface area contributed by atoms with Crippen LogP contribution in [0.1, 0.15) is 38.5 Å². The molecule has 0 bridgehead atoms. The number of hydrogen-bond donors (Lipinski definition) is 1. The number of thiazole rings is 2. The number of carbonyl (C=O) groups is 2. The summed E-state index contributed by atoms with van der Waals surface area (Å²) >= 11 is 2.56. The van der Waals surface area contributed by atoms with Crippen LogP contribution in [0.2, 0.25) is 0 Å². The quantitative estimate of drug-likeness (QED) is 0.662. The first-order valence-electron chi connectivity index (χ1n) is 7.43. The van der Waals surface area contributed by atoms with E-state index in [1.807, 2.05) is 31.2 Å². The molecule has 3 aromatic rings. The molecular formula is C17H15N3O3S2. The minimum atomic E-state index is -0.359. The fourth-order valence-corrected chi connectivity index (χ4v) is 3.35. The van der Waals surface area contributed by atoms with E-state index < -0.39 is 0 Å². The molecule has 3 rings (SSSR count). The summed E-state index contributed by atoms with van der Waals surface area (Å²) in [4.78, 5) is 31.7. The minimum absolute atomic E-state index is 0.138. The number of ether oxygens (including phenoxy) is 1. The van der Waals surface area contributed by atoms with E-state index in [0.717, 1.165) is 11.3 Å². The van der Waals surface area contributed by atoms with Crippen molar-refractivity contribution in [2.75, 3.05) is 5.32 Å². The van der Waals surface area contributed by atoms with Gasteiger partial charge in [0.25, 0.3) is 5.91 Å². The van der Waals surface area contributed by atoms with Crippen LogP contribution >= 0.6 is 22.7 Å². The Bertz CT molecular complexity index is 900. The highest BCUT2D eigenvalue weighted by molar-refractivity contribution is 7.14. The van der Waals surface area contributed by atoms with Crippen LogP contribution < -0.4 is 10.1 Å². The van der Waals surface area contributed by atoms with E-state index in [-0.39, 0.29) is 11.7 Å². The van der Waals surface area contributed by atoms with Gasteiger partial charge in [-0.2, -0.15) is 0 Å². The van der Waals surface area contributed by atoms with Crippen molar-refractivity contribution < 1.29 is 14.3 Å². The molecule has 0 spiro atoms. The third kappa shape index (κ3) is 4.49. The number of benzene rings is 1. The Balaban J connectivity index is 1.59. The summed E-state index contributed by atoms with van der Waals surface area (Å²) < 4.78 is 5.66. The van der Waals surface area contributed by atoms with Gasteiger partial charge in [0.05, 0.1) is 0 Å². The lowest BCUT2D eigenvalue weighted by Crippen LogP contribution is -2.12. The number of nitrogens with one attached hydrogen (secondary N) is 1. The molecule has 0 aliphatic carbocycles. The molecule has 1 amide bonds. The zero-order chi connectivity index (χ0) is 17.8. The monoisotopic (exact) mass is 373 g/mol. The molecule has 0 radical (unpaired) electrons. The summed E-state index contributed by atoms with van der Waals surface area (Å²) in [6, 6.07) is 7.73. The number of carbonyl (C=O) groups excluding carboxylic acids is 2. The van der Waals surface area contributed by atoms with Crippen molar-refractivity contribution in [3.05, 3.63) is 57.0 Å². The Labute approximate surface area is 152 Å². The smallest absolute Gasteiger partial charge is 0.276 e. The van der Waals surface area contributed by atoms with E-state index in [1.165, 1.54) is 29.6 Å². The molecule has 0 fully saturated rings. The average Bonchev–Trinajstić information content (AvgIpc) is 3.23. The second kappa shape index (κ2) is 7.54. The first-order chi connectivity index (χ1) is 12.0. The van der Waals surface area contributed by atoms with Crippen molar-refractivity contribution in [1.82, 2.24) is 9.97 Å². The van der Waals surface area contributed by atoms with Crippen molar-refractivity contribution in [3.63, 3.8) is 0 Å². The highest BCUT2D eigenvalue weighted by atomic mass is 32.1. The molecule has 0 saturated carbocycles. The molecule has 2 heterocycles. The zero-order valence-electron chi connectivity index (χ0n) is 13.6. The lowest BCUT2D eigenvalue weighted by molar-refractivity contribution is 0.100. The molecule has 0 aliphatic heterocycles. The van der Waals surface area contributed by atoms with Crippen LogP contribution in [0.15, 0.2) is 35.0 Å². The molecule has 128 valence electrons. The highest BCUT2D eigenvalue weighted by Crippen LogP contribution is 2.19. The van der Waals surface area contributed by atoms with Crippen molar-refractivity contribution in [2.45, 2.75) is 20.5 Å². The Morgan fingerprint density at radius 3 is 2.48 bits per heavy atom. The standard InChI is InChI=1S/C17H15N3O3S2/c1-10-3-5-12(6-4-10)23-7-15-18-14(9-24-15)16(22)20-17-19-13(8-25-17)11(2)21/h3-6,8-9H,7H2,1-2H3,(H,19,20,22). The molecule has 25 heavy (non-hydrogen) atoms. The number of ketones is 1. The Morgan fingerprint density at radius 1 is 1.08 bits per heavy atom. The number of Topliss-reactive ketones (excluding diaryl/α,β-unsaturated/α-hetero) is 1. The molecule has 0 unspecified atom stereocenters. The average molecular weight is 373 g/mol. The molecule has 0 atom stereocenters. The summed E-state index contributed by atoms with van der Waals surface area (Å²) in [7, 11) is 0. The fourth-order valence-electron chi connectivity index (χ4n) is 1.92. The van der Waals surface area contributed by atoms with Gasteiger partial charge < -0.3 is 4.74 Å². The van der Waals surface area contributed by atoms with E-state index in [1.54, 1.807) is 10.8 Å². The van der Waals surface area contributed by atoms with Gasteiger partial charge in [0.1, 0.15) is 28.8 Å². The Morgan fingerprint density at radius 2 is 1.80 bits per heavy atom. The van der Waals surface area contributed by atoms with Gasteiger partial charge in [-0.15, -0.1) is 22.7 Å². The van der Waals surface area contributed by atoms with Gasteiger partial charge in [-0.25, -0.2) is 9.97 Å². The second-order valence-corrected chi connectivity index (χ2v) is 7.08. The summed E-state index contributed by atoms with van der Waals surface area (Å²) in [5.74, 6) is 0.259. The van der Waals surface area contributed by atoms with Crippen molar-refractivity contribution >= 4 is 39.5 Å². The van der Waals surface area contributed by atoms with Crippen LogP contribution in [0.25, 0.3) is 0 Å². The van der Waals surface area contributed by atoms with Crippen LogP contribution in [0.3, 0.4) is 0 Å². The minimum Gasteiger partial charge on any atom is -0.486 e. The molecule has 1 N–H and O–H groups in total. The Kier molecular flexibility index (Phi) is 5.20. The van der Waals surface area contributed by atoms with Crippen LogP contribution in [-0.2, 0) is 6.61 Å². The molecule has 6 nitrogen and oxygen atoms in total. The normalized spacial score (nSPS) is 10.5. The number of rotatable bonds is 6. The Hall–Kier alpha value is -2.58. The van der Waals surface area contributed by atoms with Gasteiger partial charge in [0, 0.05) is 17.7 Å². The van der Waals surface area contributed by atoms with E-state index in [4.69, 9.17) is 4.74 Å². The topological polar surface area (TPSA) is 81.2 Å². The molecule has 0 saturated heterocycles. The van der Waals surface area contributed by atoms with Crippen molar-refractivity contribution in [2.24, 2.45) is 0 Å². The number of aromatic nitrogens is 2. The lowest BCUT2D eigenvalue weighted by atomic mass is 10.2.